The predicted octanol–water partition coefficient (Wildman–Crippen LogP) is 1.04. The Balaban J connectivity index is -0.000000354. The SMILES string of the molecule is CC(=O)N/C=C\NC(C)=O.CC(=O)NC(C)C(C)NC(C)=O.CC(C)(C)OO. The van der Waals surface area contributed by atoms with Gasteiger partial charge in [-0.25, -0.2) is 4.89 Å². The van der Waals surface area contributed by atoms with Crippen LogP contribution >= 0.6 is 0 Å². The molecule has 0 saturated carbocycles. The summed E-state index contributed by atoms with van der Waals surface area (Å²) in [6.07, 6.45) is 2.73. The Kier molecular flexibility index (Phi) is 18.1. The van der Waals surface area contributed by atoms with E-state index in [4.69, 9.17) is 5.26 Å². The lowest BCUT2D eigenvalue weighted by molar-refractivity contribution is -0.306. The summed E-state index contributed by atoms with van der Waals surface area (Å²) in [5, 5.41) is 18.0. The minimum atomic E-state index is -0.403. The van der Waals surface area contributed by atoms with E-state index in [0.29, 0.717) is 0 Å². The largest absolute Gasteiger partial charge is 0.352 e. The van der Waals surface area contributed by atoms with E-state index < -0.39 is 5.60 Å². The first kappa shape index (κ1) is 30.3. The van der Waals surface area contributed by atoms with E-state index in [0.717, 1.165) is 0 Å². The maximum absolute atomic E-state index is 10.6. The molecule has 0 aliphatic heterocycles. The number of nitrogens with one attached hydrogen (secondary N) is 4. The monoisotopic (exact) mass is 404 g/mol. The van der Waals surface area contributed by atoms with Gasteiger partial charge in [0.2, 0.25) is 23.6 Å². The Hall–Kier alpha value is -2.46. The fourth-order valence-electron chi connectivity index (χ4n) is 1.21. The van der Waals surface area contributed by atoms with Gasteiger partial charge in [-0.2, -0.15) is 0 Å². The van der Waals surface area contributed by atoms with Crippen LogP contribution in [-0.2, 0) is 24.1 Å². The summed E-state index contributed by atoms with van der Waals surface area (Å²) in [6.45, 7) is 14.7. The van der Waals surface area contributed by atoms with E-state index >= 15 is 0 Å². The van der Waals surface area contributed by atoms with Gasteiger partial charge in [0.1, 0.15) is 0 Å². The molecule has 0 aliphatic rings. The van der Waals surface area contributed by atoms with Crippen LogP contribution in [0.1, 0.15) is 62.3 Å². The zero-order valence-corrected chi connectivity index (χ0v) is 18.3. The van der Waals surface area contributed by atoms with Gasteiger partial charge in [0.15, 0.2) is 0 Å². The van der Waals surface area contributed by atoms with Gasteiger partial charge in [-0.1, -0.05) is 0 Å². The topological polar surface area (TPSA) is 146 Å². The molecular weight excluding hydrogens is 368 g/mol. The number of carbonyl (C=O) groups is 4. The third-order valence-electron chi connectivity index (χ3n) is 2.54. The van der Waals surface area contributed by atoms with Crippen LogP contribution in [-0.4, -0.2) is 46.6 Å². The summed E-state index contributed by atoms with van der Waals surface area (Å²) >= 11 is 0. The van der Waals surface area contributed by atoms with Crippen LogP contribution in [0.3, 0.4) is 0 Å². The molecule has 2 unspecified atom stereocenters. The summed E-state index contributed by atoms with van der Waals surface area (Å²) in [5.41, 5.74) is -0.403. The Labute approximate surface area is 167 Å². The van der Waals surface area contributed by atoms with Crippen LogP contribution in [0, 0.1) is 0 Å². The maximum Gasteiger partial charge on any atom is 0.220 e. The van der Waals surface area contributed by atoms with Gasteiger partial charge in [0.25, 0.3) is 0 Å². The van der Waals surface area contributed by atoms with Crippen molar-refractivity contribution >= 4 is 23.6 Å². The van der Waals surface area contributed by atoms with Gasteiger partial charge in [-0.05, 0) is 34.6 Å². The van der Waals surface area contributed by atoms with Crippen molar-refractivity contribution in [1.29, 1.82) is 0 Å². The summed E-state index contributed by atoms with van der Waals surface area (Å²) < 4.78 is 0. The van der Waals surface area contributed by atoms with Crippen molar-refractivity contribution in [2.45, 2.75) is 80.0 Å². The molecule has 2 atom stereocenters. The van der Waals surface area contributed by atoms with Crippen LogP contribution in [0.4, 0.5) is 0 Å². The molecule has 10 nitrogen and oxygen atoms in total. The van der Waals surface area contributed by atoms with Crippen LogP contribution in [0.2, 0.25) is 0 Å². The van der Waals surface area contributed by atoms with E-state index in [1.54, 1.807) is 20.8 Å². The zero-order chi connectivity index (χ0) is 22.9. The number of amides is 4. The third-order valence-corrected chi connectivity index (χ3v) is 2.54. The van der Waals surface area contributed by atoms with E-state index in [9.17, 15) is 19.2 Å². The molecule has 0 rings (SSSR count). The van der Waals surface area contributed by atoms with Crippen molar-refractivity contribution in [1.82, 2.24) is 21.3 Å². The lowest BCUT2D eigenvalue weighted by Gasteiger charge is -2.20. The quantitative estimate of drug-likeness (QED) is 0.342. The number of rotatable bonds is 5. The Bertz CT molecular complexity index is 477. The number of carbonyl (C=O) groups excluding carboxylic acids is 4. The van der Waals surface area contributed by atoms with Gasteiger partial charge >= 0.3 is 0 Å². The van der Waals surface area contributed by atoms with Crippen molar-refractivity contribution in [3.05, 3.63) is 12.4 Å². The fraction of sp³-hybridized carbons (Fsp3) is 0.667. The average Bonchev–Trinajstić information content (AvgIpc) is 2.50. The summed E-state index contributed by atoms with van der Waals surface area (Å²) in [6, 6.07) is -0.0715. The molecule has 164 valence electrons. The predicted molar refractivity (Wildman–Crippen MR) is 107 cm³/mol. The molecule has 28 heavy (non-hydrogen) atoms. The van der Waals surface area contributed by atoms with E-state index in [2.05, 4.69) is 26.2 Å². The Morgan fingerprint density at radius 1 is 0.750 bits per heavy atom. The highest BCUT2D eigenvalue weighted by Crippen LogP contribution is 2.01. The molecule has 5 N–H and O–H groups in total. The zero-order valence-electron chi connectivity index (χ0n) is 18.3. The minimum absolute atomic E-state index is 0.0357. The maximum atomic E-state index is 10.6. The van der Waals surface area contributed by atoms with Crippen molar-refractivity contribution in [3.63, 3.8) is 0 Å². The third kappa shape index (κ3) is 31.3. The summed E-state index contributed by atoms with van der Waals surface area (Å²) in [7, 11) is 0. The highest BCUT2D eigenvalue weighted by molar-refractivity contribution is 5.75. The molecule has 0 aliphatic carbocycles. The first-order valence-corrected chi connectivity index (χ1v) is 8.68. The lowest BCUT2D eigenvalue weighted by atomic mass is 10.1. The van der Waals surface area contributed by atoms with E-state index in [1.807, 2.05) is 13.8 Å². The molecule has 0 spiro atoms. The van der Waals surface area contributed by atoms with Gasteiger partial charge in [0.05, 0.1) is 5.60 Å². The molecule has 4 amide bonds. The number of hydrogen-bond acceptors (Lipinski definition) is 6. The molecule has 0 aromatic rings. The van der Waals surface area contributed by atoms with Crippen molar-refractivity contribution < 1.29 is 29.3 Å². The van der Waals surface area contributed by atoms with Crippen LogP contribution in [0.5, 0.6) is 0 Å². The highest BCUT2D eigenvalue weighted by atomic mass is 17.1. The molecule has 0 heterocycles. The molecule has 0 aromatic carbocycles. The van der Waals surface area contributed by atoms with Gasteiger partial charge in [-0.15, -0.1) is 0 Å². The second-order valence-corrected chi connectivity index (χ2v) is 6.92. The molecule has 0 fully saturated rings. The highest BCUT2D eigenvalue weighted by Gasteiger charge is 2.12. The number of hydrogen-bond donors (Lipinski definition) is 5. The van der Waals surface area contributed by atoms with E-state index in [-0.39, 0.29) is 35.7 Å². The van der Waals surface area contributed by atoms with Crippen molar-refractivity contribution in [2.24, 2.45) is 0 Å². The first-order chi connectivity index (χ1) is 12.6. The molecular formula is C18H36N4O6. The second-order valence-electron chi connectivity index (χ2n) is 6.92. The molecule has 0 saturated heterocycles. The first-order valence-electron chi connectivity index (χ1n) is 8.68. The van der Waals surface area contributed by atoms with Crippen LogP contribution in [0.15, 0.2) is 12.4 Å². The molecule has 0 aromatic heterocycles. The van der Waals surface area contributed by atoms with E-state index in [1.165, 1.54) is 40.1 Å². The normalized spacial score (nSPS) is 12.2. The summed E-state index contributed by atoms with van der Waals surface area (Å²) in [4.78, 5) is 45.6. The molecule has 0 radical (unpaired) electrons. The lowest BCUT2D eigenvalue weighted by Crippen LogP contribution is -2.47. The standard InChI is InChI=1S/C8H16N2O2.C6H10N2O2.C4H10O2/c1-5(9-7(3)11)6(2)10-8(4)12;1-5(9)7-3-4-8-6(2)10;1-4(2,3)6-5/h5-6H,1-4H3,(H,9,11)(H,10,12);3-4H,1-2H3,(H,7,9)(H,8,10);5H,1-3H3/b;4-3-;. The molecule has 10 heteroatoms. The minimum Gasteiger partial charge on any atom is -0.352 e. The van der Waals surface area contributed by atoms with Crippen molar-refractivity contribution in [3.8, 4) is 0 Å². The smallest absolute Gasteiger partial charge is 0.220 e. The fourth-order valence-corrected chi connectivity index (χ4v) is 1.21. The van der Waals surface area contributed by atoms with Crippen LogP contribution < -0.4 is 21.3 Å². The summed E-state index contributed by atoms with van der Waals surface area (Å²) in [5.74, 6) is -0.498. The van der Waals surface area contributed by atoms with Crippen molar-refractivity contribution in [2.75, 3.05) is 0 Å². The van der Waals surface area contributed by atoms with Gasteiger partial charge < -0.3 is 21.3 Å². The van der Waals surface area contributed by atoms with Gasteiger partial charge in [0, 0.05) is 52.2 Å². The Morgan fingerprint density at radius 3 is 1.14 bits per heavy atom. The van der Waals surface area contributed by atoms with Crippen LogP contribution in [0.25, 0.3) is 0 Å². The average molecular weight is 405 g/mol. The Morgan fingerprint density at radius 2 is 1.00 bits per heavy atom. The molecule has 0 bridgehead atoms. The van der Waals surface area contributed by atoms with Gasteiger partial charge in [-0.3, -0.25) is 24.4 Å². The second kappa shape index (κ2) is 16.7.